The van der Waals surface area contributed by atoms with Crippen LogP contribution in [0.5, 0.6) is 0 Å². The number of hydrogen-bond acceptors (Lipinski definition) is 4. The molecule has 1 aromatic heterocycles. The molecule has 2 aromatic rings. The lowest BCUT2D eigenvalue weighted by atomic mass is 10.1. The van der Waals surface area contributed by atoms with Crippen molar-refractivity contribution in [3.63, 3.8) is 0 Å². The first kappa shape index (κ1) is 16.6. The molecule has 0 aliphatic carbocycles. The number of rotatable bonds is 6. The number of amides is 2. The van der Waals surface area contributed by atoms with Crippen LogP contribution >= 0.6 is 11.3 Å². The van der Waals surface area contributed by atoms with Crippen molar-refractivity contribution in [2.24, 2.45) is 0 Å². The van der Waals surface area contributed by atoms with Gasteiger partial charge < -0.3 is 9.80 Å². The number of nitrogens with zero attached hydrogens (tertiary/aromatic N) is 3. The van der Waals surface area contributed by atoms with E-state index >= 15 is 0 Å². The molecule has 24 heavy (non-hydrogen) atoms. The van der Waals surface area contributed by atoms with Crippen LogP contribution in [0, 0.1) is 0 Å². The van der Waals surface area contributed by atoms with E-state index in [4.69, 9.17) is 0 Å². The van der Waals surface area contributed by atoms with Crippen LogP contribution in [-0.4, -0.2) is 41.3 Å². The van der Waals surface area contributed by atoms with E-state index in [0.29, 0.717) is 25.1 Å². The molecule has 6 heteroatoms. The van der Waals surface area contributed by atoms with E-state index in [0.717, 1.165) is 30.1 Å². The van der Waals surface area contributed by atoms with Gasteiger partial charge in [-0.3, -0.25) is 9.59 Å². The second kappa shape index (κ2) is 7.57. The summed E-state index contributed by atoms with van der Waals surface area (Å²) in [6.07, 6.45) is 4.02. The van der Waals surface area contributed by atoms with Gasteiger partial charge in [-0.15, -0.1) is 11.3 Å². The first-order valence-corrected chi connectivity index (χ1v) is 9.15. The summed E-state index contributed by atoms with van der Waals surface area (Å²) in [7, 11) is 0. The SMILES string of the molecule is CCN(CCc1nccs1)C(=O)c1cccc(N2CCCC2=O)c1. The molecule has 0 radical (unpaired) electrons. The Labute approximate surface area is 145 Å². The number of benzene rings is 1. The normalized spacial score (nSPS) is 14.2. The van der Waals surface area contributed by atoms with Crippen molar-refractivity contribution < 1.29 is 9.59 Å². The van der Waals surface area contributed by atoms with Crippen molar-refractivity contribution in [3.8, 4) is 0 Å². The molecule has 1 saturated heterocycles. The van der Waals surface area contributed by atoms with Gasteiger partial charge >= 0.3 is 0 Å². The second-order valence-electron chi connectivity index (χ2n) is 5.76. The van der Waals surface area contributed by atoms with Gasteiger partial charge in [-0.05, 0) is 31.5 Å². The van der Waals surface area contributed by atoms with Gasteiger partial charge in [-0.1, -0.05) is 6.07 Å². The van der Waals surface area contributed by atoms with E-state index < -0.39 is 0 Å². The fraction of sp³-hybridized carbons (Fsp3) is 0.389. The average Bonchev–Trinajstić information content (AvgIpc) is 3.27. The number of aromatic nitrogens is 1. The lowest BCUT2D eigenvalue weighted by molar-refractivity contribution is -0.117. The summed E-state index contributed by atoms with van der Waals surface area (Å²) in [5, 5.41) is 2.99. The molecular weight excluding hydrogens is 322 g/mol. The Morgan fingerprint density at radius 3 is 2.96 bits per heavy atom. The van der Waals surface area contributed by atoms with Crippen molar-refractivity contribution in [2.75, 3.05) is 24.5 Å². The minimum Gasteiger partial charge on any atom is -0.339 e. The van der Waals surface area contributed by atoms with Gasteiger partial charge in [0, 0.05) is 55.3 Å². The van der Waals surface area contributed by atoms with Crippen LogP contribution in [0.25, 0.3) is 0 Å². The Morgan fingerprint density at radius 1 is 1.42 bits per heavy atom. The number of thiazole rings is 1. The van der Waals surface area contributed by atoms with Crippen molar-refractivity contribution in [3.05, 3.63) is 46.4 Å². The Morgan fingerprint density at radius 2 is 2.29 bits per heavy atom. The maximum absolute atomic E-state index is 12.8. The molecule has 0 atom stereocenters. The number of carbonyl (C=O) groups is 2. The zero-order valence-electron chi connectivity index (χ0n) is 13.8. The van der Waals surface area contributed by atoms with Gasteiger partial charge in [-0.2, -0.15) is 0 Å². The van der Waals surface area contributed by atoms with E-state index in [-0.39, 0.29) is 11.8 Å². The summed E-state index contributed by atoms with van der Waals surface area (Å²) in [6.45, 7) is 4.01. The Bertz CT molecular complexity index is 715. The summed E-state index contributed by atoms with van der Waals surface area (Å²) in [5.74, 6) is 0.137. The zero-order valence-corrected chi connectivity index (χ0v) is 14.6. The van der Waals surface area contributed by atoms with Crippen LogP contribution in [-0.2, 0) is 11.2 Å². The van der Waals surface area contributed by atoms with E-state index in [2.05, 4.69) is 4.98 Å². The number of likely N-dealkylation sites (N-methyl/N-ethyl adjacent to an activating group) is 1. The van der Waals surface area contributed by atoms with E-state index in [1.165, 1.54) is 0 Å². The first-order chi connectivity index (χ1) is 11.7. The molecule has 5 nitrogen and oxygen atoms in total. The minimum atomic E-state index is 0.00236. The van der Waals surface area contributed by atoms with Crippen molar-refractivity contribution in [1.82, 2.24) is 9.88 Å². The average molecular weight is 343 g/mol. The van der Waals surface area contributed by atoms with Crippen LogP contribution in [0.4, 0.5) is 5.69 Å². The standard InChI is InChI=1S/C18H21N3O2S/c1-2-20(11-8-16-19-9-12-24-16)18(23)14-5-3-6-15(13-14)21-10-4-7-17(21)22/h3,5-6,9,12-13H,2,4,7-8,10-11H2,1H3. The van der Waals surface area contributed by atoms with Crippen LogP contribution in [0.2, 0.25) is 0 Å². The molecule has 0 N–H and O–H groups in total. The first-order valence-electron chi connectivity index (χ1n) is 8.27. The van der Waals surface area contributed by atoms with Crippen molar-refractivity contribution in [2.45, 2.75) is 26.2 Å². The topological polar surface area (TPSA) is 53.5 Å². The lowest BCUT2D eigenvalue weighted by Crippen LogP contribution is -2.33. The quantitative estimate of drug-likeness (QED) is 0.810. The fourth-order valence-electron chi connectivity index (χ4n) is 2.92. The van der Waals surface area contributed by atoms with E-state index in [1.807, 2.05) is 41.5 Å². The Hall–Kier alpha value is -2.21. The number of hydrogen-bond donors (Lipinski definition) is 0. The molecule has 0 unspecified atom stereocenters. The molecule has 0 saturated carbocycles. The molecule has 2 heterocycles. The minimum absolute atomic E-state index is 0.00236. The third kappa shape index (κ3) is 3.64. The Balaban J connectivity index is 1.71. The van der Waals surface area contributed by atoms with Crippen LogP contribution in [0.15, 0.2) is 35.8 Å². The smallest absolute Gasteiger partial charge is 0.253 e. The lowest BCUT2D eigenvalue weighted by Gasteiger charge is -2.22. The van der Waals surface area contributed by atoms with Gasteiger partial charge in [0.2, 0.25) is 5.91 Å². The molecule has 1 fully saturated rings. The molecule has 126 valence electrons. The molecule has 3 rings (SSSR count). The summed E-state index contributed by atoms with van der Waals surface area (Å²) < 4.78 is 0. The Kier molecular flexibility index (Phi) is 5.25. The highest BCUT2D eigenvalue weighted by Crippen LogP contribution is 2.23. The van der Waals surface area contributed by atoms with Gasteiger partial charge in [0.25, 0.3) is 5.91 Å². The van der Waals surface area contributed by atoms with Gasteiger partial charge in [0.05, 0.1) is 5.01 Å². The number of carbonyl (C=O) groups excluding carboxylic acids is 2. The summed E-state index contributed by atoms with van der Waals surface area (Å²) in [6, 6.07) is 7.39. The molecule has 0 spiro atoms. The van der Waals surface area contributed by atoms with Crippen LogP contribution < -0.4 is 4.90 Å². The largest absolute Gasteiger partial charge is 0.339 e. The second-order valence-corrected chi connectivity index (χ2v) is 6.74. The predicted octanol–water partition coefficient (Wildman–Crippen LogP) is 2.97. The fourth-order valence-corrected chi connectivity index (χ4v) is 3.53. The third-order valence-corrected chi connectivity index (χ3v) is 5.07. The molecular formula is C18H21N3O2S. The van der Waals surface area contributed by atoms with E-state index in [9.17, 15) is 9.59 Å². The predicted molar refractivity (Wildman–Crippen MR) is 95.4 cm³/mol. The molecule has 1 aliphatic rings. The molecule has 0 bridgehead atoms. The van der Waals surface area contributed by atoms with Crippen molar-refractivity contribution >= 4 is 28.8 Å². The maximum atomic E-state index is 12.8. The molecule has 1 aromatic carbocycles. The van der Waals surface area contributed by atoms with Gasteiger partial charge in [0.1, 0.15) is 0 Å². The van der Waals surface area contributed by atoms with Crippen molar-refractivity contribution in [1.29, 1.82) is 0 Å². The third-order valence-electron chi connectivity index (χ3n) is 4.23. The highest BCUT2D eigenvalue weighted by Gasteiger charge is 2.23. The highest BCUT2D eigenvalue weighted by atomic mass is 32.1. The van der Waals surface area contributed by atoms with Gasteiger partial charge in [-0.25, -0.2) is 4.98 Å². The summed E-state index contributed by atoms with van der Waals surface area (Å²) in [4.78, 5) is 32.6. The molecule has 2 amide bonds. The monoisotopic (exact) mass is 343 g/mol. The van der Waals surface area contributed by atoms with E-state index in [1.54, 1.807) is 22.4 Å². The summed E-state index contributed by atoms with van der Waals surface area (Å²) in [5.41, 5.74) is 1.45. The van der Waals surface area contributed by atoms with Crippen LogP contribution in [0.1, 0.15) is 35.1 Å². The molecule has 1 aliphatic heterocycles. The van der Waals surface area contributed by atoms with Gasteiger partial charge in [0.15, 0.2) is 0 Å². The van der Waals surface area contributed by atoms with Crippen LogP contribution in [0.3, 0.4) is 0 Å². The summed E-state index contributed by atoms with van der Waals surface area (Å²) >= 11 is 1.61. The zero-order chi connectivity index (χ0) is 16.9. The highest BCUT2D eigenvalue weighted by molar-refractivity contribution is 7.09. The number of anilines is 1. The maximum Gasteiger partial charge on any atom is 0.253 e.